The van der Waals surface area contributed by atoms with Crippen molar-refractivity contribution in [1.29, 1.82) is 0 Å². The van der Waals surface area contributed by atoms with Gasteiger partial charge < -0.3 is 28.5 Å². The summed E-state index contributed by atoms with van der Waals surface area (Å²) in [5, 5.41) is 13.0. The summed E-state index contributed by atoms with van der Waals surface area (Å²) in [6.07, 6.45) is 0. The number of benzene rings is 3. The third-order valence-corrected chi connectivity index (χ3v) is 14.0. The molecule has 3 aromatic rings. The second-order valence-corrected chi connectivity index (χ2v) is 17.7. The van der Waals surface area contributed by atoms with Gasteiger partial charge in [-0.15, -0.1) is 11.8 Å². The summed E-state index contributed by atoms with van der Waals surface area (Å²) in [6.45, 7) is 13.6. The lowest BCUT2D eigenvalue weighted by Crippen LogP contribution is -2.52. The van der Waals surface area contributed by atoms with Crippen molar-refractivity contribution in [2.75, 3.05) is 33.6 Å². The maximum Gasteiger partial charge on any atom is 0.250 e. The molecule has 1 aliphatic rings. The number of hydrogen-bond acceptors (Lipinski definition) is 7. The lowest BCUT2D eigenvalue weighted by atomic mass is 9.63. The molecule has 40 heavy (non-hydrogen) atoms. The van der Waals surface area contributed by atoms with Gasteiger partial charge in [0.05, 0.1) is 0 Å². The molecule has 0 amide bonds. The van der Waals surface area contributed by atoms with Crippen molar-refractivity contribution in [2.24, 2.45) is 0 Å². The molecule has 0 fully saturated rings. The Morgan fingerprint density at radius 1 is 0.800 bits per heavy atom. The Hall–Kier alpha value is -2.49. The molecule has 1 aliphatic heterocycles. The maximum atomic E-state index is 12.9. The second-order valence-electron chi connectivity index (χ2n) is 12.0. The molecule has 4 rings (SSSR count). The summed E-state index contributed by atoms with van der Waals surface area (Å²) in [6, 6.07) is 21.8. The molecule has 0 aliphatic carbocycles. The Morgan fingerprint density at radius 3 is 1.90 bits per heavy atom. The van der Waals surface area contributed by atoms with Crippen molar-refractivity contribution < 1.29 is 28.5 Å². The van der Waals surface area contributed by atoms with Crippen LogP contribution in [0.1, 0.15) is 44.4 Å². The quantitative estimate of drug-likeness (QED) is 0.198. The van der Waals surface area contributed by atoms with Gasteiger partial charge in [-0.3, -0.25) is 0 Å². The molecule has 0 spiro atoms. The number of methoxy groups -OCH3 is 2. The molecule has 0 radical (unpaired) electrons. The van der Waals surface area contributed by atoms with Crippen LogP contribution in [0.15, 0.2) is 71.6 Å². The SMILES string of the molecule is COCOc1ccc(C2(C)CSc3cc(OCOC)ccc3C2(O)c2ccc(O[Si](C)(C)C(C)(C)C)cc2)cc1. The number of hydrogen-bond donors (Lipinski definition) is 1. The summed E-state index contributed by atoms with van der Waals surface area (Å²) in [5.41, 5.74) is 0.691. The van der Waals surface area contributed by atoms with E-state index in [1.165, 1.54) is 0 Å². The lowest BCUT2D eigenvalue weighted by Gasteiger charge is -2.50. The zero-order valence-electron chi connectivity index (χ0n) is 24.9. The van der Waals surface area contributed by atoms with Gasteiger partial charge in [0.25, 0.3) is 0 Å². The van der Waals surface area contributed by atoms with Crippen LogP contribution >= 0.6 is 11.8 Å². The first-order valence-electron chi connectivity index (χ1n) is 13.5. The zero-order chi connectivity index (χ0) is 29.2. The number of rotatable bonds is 10. The minimum atomic E-state index is -2.00. The van der Waals surface area contributed by atoms with Crippen molar-refractivity contribution in [3.05, 3.63) is 83.4 Å². The Kier molecular flexibility index (Phi) is 8.97. The van der Waals surface area contributed by atoms with E-state index in [0.29, 0.717) is 17.3 Å². The van der Waals surface area contributed by atoms with Crippen LogP contribution in [0.25, 0.3) is 0 Å². The van der Waals surface area contributed by atoms with Crippen molar-refractivity contribution in [2.45, 2.75) is 61.7 Å². The van der Waals surface area contributed by atoms with Gasteiger partial charge in [-0.25, -0.2) is 0 Å². The van der Waals surface area contributed by atoms with Crippen molar-refractivity contribution in [3.8, 4) is 17.2 Å². The number of aliphatic hydroxyl groups is 1. The van der Waals surface area contributed by atoms with Crippen LogP contribution in [-0.2, 0) is 20.5 Å². The van der Waals surface area contributed by atoms with E-state index in [0.717, 1.165) is 27.3 Å². The maximum absolute atomic E-state index is 12.9. The lowest BCUT2D eigenvalue weighted by molar-refractivity contribution is 0.00545. The highest BCUT2D eigenvalue weighted by Crippen LogP contribution is 2.56. The zero-order valence-corrected chi connectivity index (χ0v) is 26.7. The molecule has 2 unspecified atom stereocenters. The fraction of sp³-hybridized carbons (Fsp3) is 0.438. The van der Waals surface area contributed by atoms with Crippen LogP contribution < -0.4 is 13.9 Å². The Morgan fingerprint density at radius 2 is 1.32 bits per heavy atom. The monoisotopic (exact) mass is 582 g/mol. The van der Waals surface area contributed by atoms with E-state index in [9.17, 15) is 5.11 Å². The molecule has 8 heteroatoms. The third kappa shape index (κ3) is 5.78. The fourth-order valence-corrected chi connectivity index (χ4v) is 7.21. The van der Waals surface area contributed by atoms with Crippen LogP contribution in [0.5, 0.6) is 17.2 Å². The first-order chi connectivity index (χ1) is 18.9. The average Bonchev–Trinajstić information content (AvgIpc) is 2.92. The molecule has 0 aromatic heterocycles. The molecule has 1 N–H and O–H groups in total. The van der Waals surface area contributed by atoms with Crippen molar-refractivity contribution in [1.82, 2.24) is 0 Å². The predicted octanol–water partition coefficient (Wildman–Crippen LogP) is 7.34. The molecule has 0 bridgehead atoms. The molecular weight excluding hydrogens is 540 g/mol. The van der Waals surface area contributed by atoms with Crippen molar-refractivity contribution >= 4 is 20.1 Å². The van der Waals surface area contributed by atoms with Gasteiger partial charge >= 0.3 is 0 Å². The number of ether oxygens (including phenoxy) is 4. The summed E-state index contributed by atoms with van der Waals surface area (Å²) in [4.78, 5) is 0.982. The Bertz CT molecular complexity index is 1290. The Balaban J connectivity index is 1.79. The molecule has 216 valence electrons. The van der Waals surface area contributed by atoms with Gasteiger partial charge in [0.15, 0.2) is 13.6 Å². The van der Waals surface area contributed by atoms with E-state index in [4.69, 9.17) is 23.4 Å². The fourth-order valence-electron chi connectivity index (χ4n) is 4.79. The van der Waals surface area contributed by atoms with Gasteiger partial charge in [-0.1, -0.05) is 58.0 Å². The van der Waals surface area contributed by atoms with Gasteiger partial charge in [0.1, 0.15) is 22.8 Å². The standard InChI is InChI=1S/C32H42O6SSi/c1-30(2,3)40(7,8)38-26-15-11-24(12-16-26)32(33)28-18-17-27(37-22-35-6)19-29(28)39-20-31(32,4)23-9-13-25(14-10-23)36-21-34-5/h9-19,33H,20-22H2,1-8H3. The molecule has 2 atom stereocenters. The summed E-state index contributed by atoms with van der Waals surface area (Å²) in [7, 11) is 1.19. The topological polar surface area (TPSA) is 66.4 Å². The van der Waals surface area contributed by atoms with Gasteiger partial charge in [0.2, 0.25) is 8.32 Å². The number of fused-ring (bicyclic) bond motifs is 1. The normalized spacial score (nSPS) is 21.0. The number of thioether (sulfide) groups is 1. The highest BCUT2D eigenvalue weighted by atomic mass is 32.2. The molecule has 0 saturated carbocycles. The van der Waals surface area contributed by atoms with Crippen LogP contribution in [0, 0.1) is 0 Å². The third-order valence-electron chi connectivity index (χ3n) is 8.29. The van der Waals surface area contributed by atoms with Crippen LogP contribution in [0.2, 0.25) is 18.1 Å². The second kappa shape index (κ2) is 11.8. The van der Waals surface area contributed by atoms with Crippen molar-refractivity contribution in [3.63, 3.8) is 0 Å². The molecular formula is C32H42O6SSi. The van der Waals surface area contributed by atoms with E-state index in [1.54, 1.807) is 26.0 Å². The molecule has 1 heterocycles. The summed E-state index contributed by atoms with van der Waals surface area (Å²) >= 11 is 1.72. The average molecular weight is 583 g/mol. The first kappa shape index (κ1) is 30.5. The van der Waals surface area contributed by atoms with Crippen LogP contribution in [0.4, 0.5) is 0 Å². The highest BCUT2D eigenvalue weighted by molar-refractivity contribution is 7.99. The van der Waals surface area contributed by atoms with E-state index in [1.807, 2.05) is 66.7 Å². The smallest absolute Gasteiger partial charge is 0.250 e. The largest absolute Gasteiger partial charge is 0.544 e. The predicted molar refractivity (Wildman–Crippen MR) is 163 cm³/mol. The summed E-state index contributed by atoms with van der Waals surface area (Å²) < 4.78 is 28.0. The highest BCUT2D eigenvalue weighted by Gasteiger charge is 2.54. The van der Waals surface area contributed by atoms with E-state index < -0.39 is 19.3 Å². The molecule has 3 aromatic carbocycles. The van der Waals surface area contributed by atoms with E-state index >= 15 is 0 Å². The van der Waals surface area contributed by atoms with E-state index in [2.05, 4.69) is 40.8 Å². The first-order valence-corrected chi connectivity index (χ1v) is 17.4. The minimum Gasteiger partial charge on any atom is -0.544 e. The van der Waals surface area contributed by atoms with Crippen LogP contribution in [0.3, 0.4) is 0 Å². The minimum absolute atomic E-state index is 0.0870. The summed E-state index contributed by atoms with van der Waals surface area (Å²) in [5.74, 6) is 2.91. The van der Waals surface area contributed by atoms with E-state index in [-0.39, 0.29) is 18.6 Å². The molecule has 0 saturated heterocycles. The Labute approximate surface area is 244 Å². The van der Waals surface area contributed by atoms with Gasteiger partial charge in [0, 0.05) is 35.8 Å². The van der Waals surface area contributed by atoms with Gasteiger partial charge in [-0.05, 0) is 65.7 Å². The van der Waals surface area contributed by atoms with Gasteiger partial charge in [-0.2, -0.15) is 0 Å². The van der Waals surface area contributed by atoms with Crippen LogP contribution in [-0.4, -0.2) is 47.0 Å². The molecule has 6 nitrogen and oxygen atoms in total.